The van der Waals surface area contributed by atoms with Crippen molar-refractivity contribution in [3.8, 4) is 0 Å². The quantitative estimate of drug-likeness (QED) is 0.567. The molecule has 0 radical (unpaired) electrons. The fraction of sp³-hybridized carbons (Fsp3) is 1.00. The van der Waals surface area contributed by atoms with E-state index in [1.165, 1.54) is 45.4 Å². The SMILES string of the molecule is C(CC1CC1)NCC1CNC1. The molecule has 0 aromatic carbocycles. The lowest BCUT2D eigenvalue weighted by Crippen LogP contribution is -2.47. The second kappa shape index (κ2) is 3.55. The monoisotopic (exact) mass is 154 g/mol. The van der Waals surface area contributed by atoms with Crippen LogP contribution in [0.4, 0.5) is 0 Å². The Morgan fingerprint density at radius 2 is 2.00 bits per heavy atom. The van der Waals surface area contributed by atoms with E-state index in [1.807, 2.05) is 0 Å². The highest BCUT2D eigenvalue weighted by Gasteiger charge is 2.20. The highest BCUT2D eigenvalue weighted by Crippen LogP contribution is 2.31. The molecule has 2 aliphatic rings. The molecule has 1 saturated carbocycles. The highest BCUT2D eigenvalue weighted by molar-refractivity contribution is 4.78. The summed E-state index contributed by atoms with van der Waals surface area (Å²) >= 11 is 0. The van der Waals surface area contributed by atoms with Gasteiger partial charge in [-0.15, -0.1) is 0 Å². The van der Waals surface area contributed by atoms with Crippen molar-refractivity contribution in [3.05, 3.63) is 0 Å². The van der Waals surface area contributed by atoms with Crippen LogP contribution in [0, 0.1) is 11.8 Å². The molecule has 1 saturated heterocycles. The van der Waals surface area contributed by atoms with E-state index < -0.39 is 0 Å². The minimum absolute atomic E-state index is 0.925. The number of nitrogens with one attached hydrogen (secondary N) is 2. The summed E-state index contributed by atoms with van der Waals surface area (Å²) in [4.78, 5) is 0. The number of hydrogen-bond donors (Lipinski definition) is 2. The summed E-state index contributed by atoms with van der Waals surface area (Å²) in [5, 5.41) is 6.80. The van der Waals surface area contributed by atoms with Crippen LogP contribution >= 0.6 is 0 Å². The summed E-state index contributed by atoms with van der Waals surface area (Å²) in [7, 11) is 0. The van der Waals surface area contributed by atoms with Crippen molar-refractivity contribution in [1.82, 2.24) is 10.6 Å². The minimum Gasteiger partial charge on any atom is -0.316 e. The van der Waals surface area contributed by atoms with E-state index in [4.69, 9.17) is 0 Å². The molecule has 0 aromatic heterocycles. The van der Waals surface area contributed by atoms with E-state index in [0.717, 1.165) is 11.8 Å². The van der Waals surface area contributed by atoms with Crippen LogP contribution in [-0.4, -0.2) is 26.2 Å². The van der Waals surface area contributed by atoms with Crippen LogP contribution in [0.5, 0.6) is 0 Å². The second-order valence-corrected chi connectivity index (χ2v) is 3.96. The first-order chi connectivity index (χ1) is 5.45. The lowest BCUT2D eigenvalue weighted by Gasteiger charge is -2.27. The van der Waals surface area contributed by atoms with E-state index in [0.29, 0.717) is 0 Å². The van der Waals surface area contributed by atoms with Crippen molar-refractivity contribution in [2.24, 2.45) is 11.8 Å². The molecule has 0 bridgehead atoms. The smallest absolute Gasteiger partial charge is 0.000394 e. The minimum atomic E-state index is 0.925. The van der Waals surface area contributed by atoms with Gasteiger partial charge < -0.3 is 10.6 Å². The zero-order chi connectivity index (χ0) is 7.52. The zero-order valence-electron chi connectivity index (χ0n) is 7.10. The van der Waals surface area contributed by atoms with Gasteiger partial charge in [0.25, 0.3) is 0 Å². The molecule has 0 amide bonds. The van der Waals surface area contributed by atoms with Crippen LogP contribution in [0.1, 0.15) is 19.3 Å². The van der Waals surface area contributed by atoms with Gasteiger partial charge in [0.2, 0.25) is 0 Å². The summed E-state index contributed by atoms with van der Waals surface area (Å²) in [6, 6.07) is 0. The molecule has 0 spiro atoms. The Kier molecular flexibility index (Phi) is 2.44. The van der Waals surface area contributed by atoms with Gasteiger partial charge >= 0.3 is 0 Å². The van der Waals surface area contributed by atoms with Gasteiger partial charge in [-0.05, 0) is 24.8 Å². The van der Waals surface area contributed by atoms with Crippen molar-refractivity contribution in [3.63, 3.8) is 0 Å². The molecule has 2 rings (SSSR count). The Hall–Kier alpha value is -0.0800. The summed E-state index contributed by atoms with van der Waals surface area (Å²) in [6.45, 7) is 4.95. The Morgan fingerprint density at radius 3 is 2.55 bits per heavy atom. The van der Waals surface area contributed by atoms with Crippen LogP contribution in [0.3, 0.4) is 0 Å². The zero-order valence-corrected chi connectivity index (χ0v) is 7.10. The fourth-order valence-electron chi connectivity index (χ4n) is 1.51. The molecule has 11 heavy (non-hydrogen) atoms. The predicted molar refractivity (Wildman–Crippen MR) is 46.6 cm³/mol. The Balaban J connectivity index is 1.40. The second-order valence-electron chi connectivity index (χ2n) is 3.96. The maximum atomic E-state index is 3.52. The molecule has 2 nitrogen and oxygen atoms in total. The van der Waals surface area contributed by atoms with Crippen molar-refractivity contribution < 1.29 is 0 Å². The summed E-state index contributed by atoms with van der Waals surface area (Å²) in [5.74, 6) is 2.01. The first kappa shape index (κ1) is 7.56. The molecule has 1 aliphatic heterocycles. The molecule has 1 heterocycles. The van der Waals surface area contributed by atoms with Gasteiger partial charge in [0.05, 0.1) is 0 Å². The van der Waals surface area contributed by atoms with Crippen LogP contribution in [0.25, 0.3) is 0 Å². The van der Waals surface area contributed by atoms with E-state index in [2.05, 4.69) is 10.6 Å². The molecule has 2 N–H and O–H groups in total. The maximum Gasteiger partial charge on any atom is 0.000394 e. The normalized spacial score (nSPS) is 25.1. The van der Waals surface area contributed by atoms with Crippen molar-refractivity contribution in [2.75, 3.05) is 26.2 Å². The molecule has 0 unspecified atom stereocenters. The van der Waals surface area contributed by atoms with Crippen LogP contribution < -0.4 is 10.6 Å². The third-order valence-corrected chi connectivity index (χ3v) is 2.73. The van der Waals surface area contributed by atoms with E-state index >= 15 is 0 Å². The first-order valence-corrected chi connectivity index (χ1v) is 4.86. The van der Waals surface area contributed by atoms with Gasteiger partial charge in [-0.3, -0.25) is 0 Å². The van der Waals surface area contributed by atoms with Gasteiger partial charge in [-0.25, -0.2) is 0 Å². The van der Waals surface area contributed by atoms with E-state index in [-0.39, 0.29) is 0 Å². The van der Waals surface area contributed by atoms with Crippen molar-refractivity contribution >= 4 is 0 Å². The van der Waals surface area contributed by atoms with Gasteiger partial charge in [-0.2, -0.15) is 0 Å². The third kappa shape index (κ3) is 2.46. The molecule has 0 aromatic rings. The maximum absolute atomic E-state index is 3.52. The van der Waals surface area contributed by atoms with Gasteiger partial charge in [0, 0.05) is 19.6 Å². The molecular formula is C9H18N2. The number of rotatable bonds is 5. The first-order valence-electron chi connectivity index (χ1n) is 4.86. The van der Waals surface area contributed by atoms with Crippen LogP contribution in [0.15, 0.2) is 0 Å². The van der Waals surface area contributed by atoms with Crippen LogP contribution in [-0.2, 0) is 0 Å². The molecule has 64 valence electrons. The summed E-state index contributed by atoms with van der Waals surface area (Å²) in [5.41, 5.74) is 0. The third-order valence-electron chi connectivity index (χ3n) is 2.73. The lowest BCUT2D eigenvalue weighted by atomic mass is 10.0. The molecule has 0 atom stereocenters. The Morgan fingerprint density at radius 1 is 1.18 bits per heavy atom. The molecular weight excluding hydrogens is 136 g/mol. The standard InChI is InChI=1S/C9H18N2/c1-2-8(1)3-4-10-5-9-6-11-7-9/h8-11H,1-7H2. The fourth-order valence-corrected chi connectivity index (χ4v) is 1.51. The average Bonchev–Trinajstić information content (AvgIpc) is 2.66. The van der Waals surface area contributed by atoms with Gasteiger partial charge in [0.15, 0.2) is 0 Å². The predicted octanol–water partition coefficient (Wildman–Crippen LogP) is 0.596. The molecule has 2 fully saturated rings. The van der Waals surface area contributed by atoms with E-state index in [1.54, 1.807) is 0 Å². The van der Waals surface area contributed by atoms with Crippen molar-refractivity contribution in [1.29, 1.82) is 0 Å². The van der Waals surface area contributed by atoms with Gasteiger partial charge in [-0.1, -0.05) is 12.8 Å². The van der Waals surface area contributed by atoms with Gasteiger partial charge in [0.1, 0.15) is 0 Å². The molecule has 2 heteroatoms. The summed E-state index contributed by atoms with van der Waals surface area (Å²) in [6.07, 6.45) is 4.40. The summed E-state index contributed by atoms with van der Waals surface area (Å²) < 4.78 is 0. The Bertz CT molecular complexity index is 117. The average molecular weight is 154 g/mol. The van der Waals surface area contributed by atoms with E-state index in [9.17, 15) is 0 Å². The van der Waals surface area contributed by atoms with Crippen LogP contribution in [0.2, 0.25) is 0 Å². The topological polar surface area (TPSA) is 24.1 Å². The molecule has 1 aliphatic carbocycles. The largest absolute Gasteiger partial charge is 0.316 e. The van der Waals surface area contributed by atoms with Crippen molar-refractivity contribution in [2.45, 2.75) is 19.3 Å². The Labute approximate surface area is 68.7 Å². The number of hydrogen-bond acceptors (Lipinski definition) is 2. The lowest BCUT2D eigenvalue weighted by molar-refractivity contribution is 0.330. The highest BCUT2D eigenvalue weighted by atomic mass is 15.0.